The molecule has 0 amide bonds. The fourth-order valence-electron chi connectivity index (χ4n) is 3.08. The summed E-state index contributed by atoms with van der Waals surface area (Å²) in [5, 5.41) is 4.35. The standard InChI is InChI=1S/C15H23N5/c1-18(12-14-6-3-4-8-19(14)2)11-13-10-17-20-9-5-7-16-15(13)20/h5,7,9-10,14H,3-4,6,8,11-12H2,1-2H3/t14-/m0/s1. The Balaban J connectivity index is 1.65. The minimum Gasteiger partial charge on any atom is -0.302 e. The maximum Gasteiger partial charge on any atom is 0.159 e. The summed E-state index contributed by atoms with van der Waals surface area (Å²) in [7, 11) is 4.43. The molecule has 0 radical (unpaired) electrons. The highest BCUT2D eigenvalue weighted by molar-refractivity contribution is 5.45. The van der Waals surface area contributed by atoms with Gasteiger partial charge in [-0.3, -0.25) is 0 Å². The lowest BCUT2D eigenvalue weighted by Gasteiger charge is -2.35. The second-order valence-electron chi connectivity index (χ2n) is 5.88. The Bertz CT molecular complexity index is 564. The Kier molecular flexibility index (Phi) is 3.98. The fourth-order valence-corrected chi connectivity index (χ4v) is 3.08. The Morgan fingerprint density at radius 3 is 3.15 bits per heavy atom. The molecular formula is C15H23N5. The molecule has 2 aromatic rings. The molecule has 20 heavy (non-hydrogen) atoms. The topological polar surface area (TPSA) is 36.7 Å². The molecule has 1 aliphatic rings. The highest BCUT2D eigenvalue weighted by Crippen LogP contribution is 2.17. The molecule has 3 rings (SSSR count). The van der Waals surface area contributed by atoms with Gasteiger partial charge in [-0.25, -0.2) is 9.50 Å². The maximum atomic E-state index is 4.42. The van der Waals surface area contributed by atoms with Crippen LogP contribution in [0, 0.1) is 0 Å². The normalized spacial score (nSPS) is 20.9. The first kappa shape index (κ1) is 13.5. The van der Waals surface area contributed by atoms with Crippen molar-refractivity contribution in [3.8, 4) is 0 Å². The molecule has 1 fully saturated rings. The lowest BCUT2D eigenvalue weighted by atomic mass is 10.0. The first-order chi connectivity index (χ1) is 9.74. The van der Waals surface area contributed by atoms with Crippen LogP contribution in [0.3, 0.4) is 0 Å². The van der Waals surface area contributed by atoms with Crippen molar-refractivity contribution >= 4 is 5.65 Å². The Hall–Kier alpha value is -1.46. The van der Waals surface area contributed by atoms with Gasteiger partial charge in [-0.1, -0.05) is 6.42 Å². The zero-order valence-electron chi connectivity index (χ0n) is 12.4. The first-order valence-corrected chi connectivity index (χ1v) is 7.40. The predicted molar refractivity (Wildman–Crippen MR) is 79.6 cm³/mol. The SMILES string of the molecule is CN(Cc1cnn2cccnc12)C[C@@H]1CCCCN1C. The fraction of sp³-hybridized carbons (Fsp3) is 0.600. The molecular weight excluding hydrogens is 250 g/mol. The second kappa shape index (κ2) is 5.89. The summed E-state index contributed by atoms with van der Waals surface area (Å²) in [6, 6.07) is 2.59. The molecule has 0 aliphatic carbocycles. The van der Waals surface area contributed by atoms with Gasteiger partial charge >= 0.3 is 0 Å². The molecule has 0 spiro atoms. The van der Waals surface area contributed by atoms with Gasteiger partial charge in [0.25, 0.3) is 0 Å². The summed E-state index contributed by atoms with van der Waals surface area (Å²) in [6.45, 7) is 3.25. The number of likely N-dealkylation sites (N-methyl/N-ethyl adjacent to an activating group) is 2. The van der Waals surface area contributed by atoms with E-state index in [0.29, 0.717) is 6.04 Å². The number of rotatable bonds is 4. The second-order valence-corrected chi connectivity index (χ2v) is 5.88. The summed E-state index contributed by atoms with van der Waals surface area (Å²) in [5.41, 5.74) is 2.17. The molecule has 108 valence electrons. The first-order valence-electron chi connectivity index (χ1n) is 7.40. The third-order valence-corrected chi connectivity index (χ3v) is 4.24. The highest BCUT2D eigenvalue weighted by Gasteiger charge is 2.20. The molecule has 3 heterocycles. The van der Waals surface area contributed by atoms with Crippen LogP contribution in [0.4, 0.5) is 0 Å². The van der Waals surface area contributed by atoms with Gasteiger partial charge in [0, 0.05) is 37.1 Å². The Morgan fingerprint density at radius 1 is 1.40 bits per heavy atom. The molecule has 0 bridgehead atoms. The third-order valence-electron chi connectivity index (χ3n) is 4.24. The average molecular weight is 273 g/mol. The number of hydrogen-bond acceptors (Lipinski definition) is 4. The summed E-state index contributed by atoms with van der Waals surface area (Å²) in [6.07, 6.45) is 9.73. The van der Waals surface area contributed by atoms with E-state index in [-0.39, 0.29) is 0 Å². The van der Waals surface area contributed by atoms with E-state index >= 15 is 0 Å². The van der Waals surface area contributed by atoms with E-state index in [1.807, 2.05) is 29.2 Å². The van der Waals surface area contributed by atoms with Crippen LogP contribution >= 0.6 is 0 Å². The molecule has 0 aromatic carbocycles. The van der Waals surface area contributed by atoms with Crippen LogP contribution in [0.5, 0.6) is 0 Å². The predicted octanol–water partition coefficient (Wildman–Crippen LogP) is 1.65. The zero-order chi connectivity index (χ0) is 13.9. The summed E-state index contributed by atoms with van der Waals surface area (Å²) in [4.78, 5) is 9.30. The highest BCUT2D eigenvalue weighted by atomic mass is 15.2. The Morgan fingerprint density at radius 2 is 2.30 bits per heavy atom. The molecule has 0 saturated carbocycles. The smallest absolute Gasteiger partial charge is 0.159 e. The number of nitrogens with zero attached hydrogens (tertiary/aromatic N) is 5. The van der Waals surface area contributed by atoms with Crippen LogP contribution in [0.2, 0.25) is 0 Å². The third kappa shape index (κ3) is 2.83. The number of hydrogen-bond donors (Lipinski definition) is 0. The van der Waals surface area contributed by atoms with Gasteiger partial charge in [-0.05, 0) is 39.5 Å². The van der Waals surface area contributed by atoms with E-state index in [1.165, 1.54) is 31.4 Å². The molecule has 1 aliphatic heterocycles. The average Bonchev–Trinajstić information content (AvgIpc) is 2.85. The van der Waals surface area contributed by atoms with Crippen molar-refractivity contribution < 1.29 is 0 Å². The van der Waals surface area contributed by atoms with Crippen molar-refractivity contribution in [2.75, 3.05) is 27.2 Å². The van der Waals surface area contributed by atoms with Crippen LogP contribution in [0.1, 0.15) is 24.8 Å². The summed E-state index contributed by atoms with van der Waals surface area (Å²) < 4.78 is 1.84. The van der Waals surface area contributed by atoms with Crippen LogP contribution in [-0.2, 0) is 6.54 Å². The lowest BCUT2D eigenvalue weighted by Crippen LogP contribution is -2.43. The van der Waals surface area contributed by atoms with E-state index in [9.17, 15) is 0 Å². The summed E-state index contributed by atoms with van der Waals surface area (Å²) >= 11 is 0. The van der Waals surface area contributed by atoms with Gasteiger partial charge in [0.15, 0.2) is 5.65 Å². The van der Waals surface area contributed by atoms with Crippen molar-refractivity contribution in [1.29, 1.82) is 0 Å². The molecule has 5 nitrogen and oxygen atoms in total. The van der Waals surface area contributed by atoms with E-state index in [2.05, 4.69) is 34.0 Å². The van der Waals surface area contributed by atoms with E-state index < -0.39 is 0 Å². The van der Waals surface area contributed by atoms with Crippen molar-refractivity contribution in [2.24, 2.45) is 0 Å². The van der Waals surface area contributed by atoms with E-state index in [0.717, 1.165) is 18.7 Å². The number of piperidine rings is 1. The summed E-state index contributed by atoms with van der Waals surface area (Å²) in [5.74, 6) is 0. The lowest BCUT2D eigenvalue weighted by molar-refractivity contribution is 0.138. The number of aromatic nitrogens is 3. The minimum atomic E-state index is 0.684. The van der Waals surface area contributed by atoms with Gasteiger partial charge in [0.2, 0.25) is 0 Å². The van der Waals surface area contributed by atoms with Gasteiger partial charge in [-0.2, -0.15) is 5.10 Å². The maximum absolute atomic E-state index is 4.42. The number of fused-ring (bicyclic) bond motifs is 1. The van der Waals surface area contributed by atoms with Crippen LogP contribution in [0.15, 0.2) is 24.7 Å². The minimum absolute atomic E-state index is 0.684. The monoisotopic (exact) mass is 273 g/mol. The van der Waals surface area contributed by atoms with Crippen molar-refractivity contribution in [3.63, 3.8) is 0 Å². The molecule has 1 saturated heterocycles. The molecule has 5 heteroatoms. The molecule has 0 unspecified atom stereocenters. The van der Waals surface area contributed by atoms with Gasteiger partial charge in [0.05, 0.1) is 6.20 Å². The molecule has 0 N–H and O–H groups in total. The van der Waals surface area contributed by atoms with Crippen LogP contribution < -0.4 is 0 Å². The quantitative estimate of drug-likeness (QED) is 0.848. The van der Waals surface area contributed by atoms with Crippen molar-refractivity contribution in [1.82, 2.24) is 24.4 Å². The molecule has 2 aromatic heterocycles. The number of likely N-dealkylation sites (tertiary alicyclic amines) is 1. The van der Waals surface area contributed by atoms with Gasteiger partial charge in [0.1, 0.15) is 0 Å². The largest absolute Gasteiger partial charge is 0.302 e. The van der Waals surface area contributed by atoms with Crippen LogP contribution in [0.25, 0.3) is 5.65 Å². The van der Waals surface area contributed by atoms with Crippen molar-refractivity contribution in [2.45, 2.75) is 31.8 Å². The van der Waals surface area contributed by atoms with E-state index in [1.54, 1.807) is 0 Å². The van der Waals surface area contributed by atoms with Gasteiger partial charge in [-0.15, -0.1) is 0 Å². The molecule has 1 atom stereocenters. The van der Waals surface area contributed by atoms with E-state index in [4.69, 9.17) is 0 Å². The Labute approximate surface area is 120 Å². The zero-order valence-corrected chi connectivity index (χ0v) is 12.4. The van der Waals surface area contributed by atoms with Gasteiger partial charge < -0.3 is 9.80 Å². The van der Waals surface area contributed by atoms with Crippen molar-refractivity contribution in [3.05, 3.63) is 30.2 Å². The van der Waals surface area contributed by atoms with Crippen LogP contribution in [-0.4, -0.2) is 57.6 Å².